The molecular weight excluding hydrogens is 525 g/mol. The summed E-state index contributed by atoms with van der Waals surface area (Å²) >= 11 is 1.30. The van der Waals surface area contributed by atoms with Gasteiger partial charge in [-0.25, -0.2) is 13.9 Å². The molecule has 3 heterocycles. The van der Waals surface area contributed by atoms with Gasteiger partial charge >= 0.3 is 5.97 Å². The van der Waals surface area contributed by atoms with Gasteiger partial charge in [-0.05, 0) is 36.2 Å². The summed E-state index contributed by atoms with van der Waals surface area (Å²) in [6.45, 7) is 3.87. The minimum atomic E-state index is -0.618. The minimum absolute atomic E-state index is 0.0745. The van der Waals surface area contributed by atoms with Crippen molar-refractivity contribution in [2.45, 2.75) is 23.9 Å². The van der Waals surface area contributed by atoms with Gasteiger partial charge in [0, 0.05) is 24.5 Å². The first kappa shape index (κ1) is 26.7. The lowest BCUT2D eigenvalue weighted by Crippen LogP contribution is -2.42. The fourth-order valence-electron chi connectivity index (χ4n) is 4.43. The lowest BCUT2D eigenvalue weighted by atomic mass is 9.96. The van der Waals surface area contributed by atoms with Crippen LogP contribution in [0.5, 0.6) is 5.75 Å². The number of carbonyl (C=O) groups is 2. The largest absolute Gasteiger partial charge is 0.484 e. The zero-order chi connectivity index (χ0) is 27.4. The lowest BCUT2D eigenvalue weighted by molar-refractivity contribution is -0.137. The Morgan fingerprint density at radius 1 is 1.15 bits per heavy atom. The Balaban J connectivity index is 1.36. The number of esters is 1. The molecule has 0 bridgehead atoms. The Bertz CT molecular complexity index is 1390. The number of methoxy groups -OCH3 is 1. The summed E-state index contributed by atoms with van der Waals surface area (Å²) in [5.41, 5.74) is 2.28. The molecule has 2 aliphatic heterocycles. The van der Waals surface area contributed by atoms with Crippen LogP contribution in [0.2, 0.25) is 0 Å². The topological polar surface area (TPSA) is 108 Å². The van der Waals surface area contributed by atoms with E-state index in [-0.39, 0.29) is 18.3 Å². The number of rotatable bonds is 8. The fourth-order valence-corrected chi connectivity index (χ4v) is 5.24. The summed E-state index contributed by atoms with van der Waals surface area (Å²) in [6.07, 6.45) is 0. The number of halogens is 1. The predicted octanol–water partition coefficient (Wildman–Crippen LogP) is 3.41. The Kier molecular flexibility index (Phi) is 8.13. The summed E-state index contributed by atoms with van der Waals surface area (Å²) in [4.78, 5) is 31.5. The van der Waals surface area contributed by atoms with Crippen molar-refractivity contribution in [1.82, 2.24) is 19.7 Å². The second-order valence-electron chi connectivity index (χ2n) is 8.95. The molecule has 3 aromatic rings. The Hall–Kier alpha value is -3.90. The third kappa shape index (κ3) is 5.91. The highest BCUT2D eigenvalue weighted by Gasteiger charge is 2.35. The Morgan fingerprint density at radius 2 is 1.90 bits per heavy atom. The van der Waals surface area contributed by atoms with E-state index in [0.29, 0.717) is 65.7 Å². The van der Waals surface area contributed by atoms with E-state index in [1.807, 2.05) is 12.1 Å². The predicted molar refractivity (Wildman–Crippen MR) is 142 cm³/mol. The molecule has 204 valence electrons. The monoisotopic (exact) mass is 553 g/mol. The first-order valence-electron chi connectivity index (χ1n) is 12.4. The standard InChI is InChI=1S/C27H28FN5O5S/c1-17-23(25(35)36-2)24(18-7-9-20(10-8-18)38-15-22(34)32-11-13-37-14-12-32)33-26(29-17)30-27(31-33)39-16-19-5-3-4-6-21(19)28/h3-10,24H,11-16H2,1-2H3,(H,29,30,31). The third-order valence-corrected chi connectivity index (χ3v) is 7.36. The van der Waals surface area contributed by atoms with Crippen molar-refractivity contribution in [2.75, 3.05) is 45.3 Å². The van der Waals surface area contributed by atoms with Crippen LogP contribution < -0.4 is 10.1 Å². The van der Waals surface area contributed by atoms with Gasteiger partial charge in [-0.3, -0.25) is 4.79 Å². The second-order valence-corrected chi connectivity index (χ2v) is 9.89. The molecular formula is C27H28FN5O5S. The summed E-state index contributed by atoms with van der Waals surface area (Å²) in [5, 5.41) is 8.21. The number of carbonyl (C=O) groups excluding carboxylic acids is 2. The van der Waals surface area contributed by atoms with Crippen LogP contribution in [0.3, 0.4) is 0 Å². The number of amides is 1. The summed E-state index contributed by atoms with van der Waals surface area (Å²) in [6, 6.07) is 13.1. The number of hydrogen-bond acceptors (Lipinski definition) is 9. The van der Waals surface area contributed by atoms with Gasteiger partial charge in [0.2, 0.25) is 11.1 Å². The average Bonchev–Trinajstić information content (AvgIpc) is 3.37. The highest BCUT2D eigenvalue weighted by molar-refractivity contribution is 7.98. The van der Waals surface area contributed by atoms with Crippen molar-refractivity contribution in [1.29, 1.82) is 0 Å². The maximum Gasteiger partial charge on any atom is 0.338 e. The Morgan fingerprint density at radius 3 is 2.62 bits per heavy atom. The number of ether oxygens (including phenoxy) is 3. The van der Waals surface area contributed by atoms with Gasteiger partial charge in [-0.15, -0.1) is 5.10 Å². The van der Waals surface area contributed by atoms with E-state index in [9.17, 15) is 14.0 Å². The van der Waals surface area contributed by atoms with E-state index >= 15 is 0 Å². The van der Waals surface area contributed by atoms with Crippen LogP contribution in [0, 0.1) is 5.82 Å². The van der Waals surface area contributed by atoms with Gasteiger partial charge in [0.05, 0.1) is 25.9 Å². The molecule has 0 saturated carbocycles. The van der Waals surface area contributed by atoms with Crippen molar-refractivity contribution in [3.63, 3.8) is 0 Å². The van der Waals surface area contributed by atoms with Gasteiger partial charge in [-0.1, -0.05) is 42.1 Å². The van der Waals surface area contributed by atoms with Crippen LogP contribution in [0.15, 0.2) is 65.0 Å². The molecule has 0 aliphatic carbocycles. The highest BCUT2D eigenvalue weighted by atomic mass is 32.2. The number of thioether (sulfide) groups is 1. The summed E-state index contributed by atoms with van der Waals surface area (Å²) in [7, 11) is 1.33. The lowest BCUT2D eigenvalue weighted by Gasteiger charge is -2.28. The number of fused-ring (bicyclic) bond motifs is 1. The zero-order valence-corrected chi connectivity index (χ0v) is 22.4. The summed E-state index contributed by atoms with van der Waals surface area (Å²) < 4.78 is 31.8. The maximum atomic E-state index is 14.1. The van der Waals surface area contributed by atoms with E-state index in [1.54, 1.807) is 46.8 Å². The van der Waals surface area contributed by atoms with Crippen molar-refractivity contribution in [3.8, 4) is 5.75 Å². The number of nitrogens with one attached hydrogen (secondary N) is 1. The van der Waals surface area contributed by atoms with E-state index < -0.39 is 12.0 Å². The first-order chi connectivity index (χ1) is 18.9. The Labute approximate surface area is 229 Å². The minimum Gasteiger partial charge on any atom is -0.484 e. The summed E-state index contributed by atoms with van der Waals surface area (Å²) in [5.74, 6) is 0.450. The molecule has 2 aromatic carbocycles. The van der Waals surface area contributed by atoms with Gasteiger partial charge in [0.1, 0.15) is 17.6 Å². The molecule has 12 heteroatoms. The number of nitrogens with zero attached hydrogens (tertiary/aromatic N) is 4. The molecule has 1 fully saturated rings. The highest BCUT2D eigenvalue weighted by Crippen LogP contribution is 2.37. The second kappa shape index (κ2) is 11.9. The van der Waals surface area contributed by atoms with Gasteiger partial charge < -0.3 is 24.4 Å². The smallest absolute Gasteiger partial charge is 0.338 e. The van der Waals surface area contributed by atoms with E-state index in [0.717, 1.165) is 5.56 Å². The van der Waals surface area contributed by atoms with Crippen LogP contribution in [0.25, 0.3) is 0 Å². The van der Waals surface area contributed by atoms with Gasteiger partial charge in [0.15, 0.2) is 6.61 Å². The van der Waals surface area contributed by atoms with Crippen molar-refractivity contribution in [2.24, 2.45) is 0 Å². The van der Waals surface area contributed by atoms with E-state index in [4.69, 9.17) is 14.2 Å². The molecule has 1 saturated heterocycles. The fraction of sp³-hybridized carbons (Fsp3) is 0.333. The molecule has 1 N–H and O–H groups in total. The number of anilines is 1. The van der Waals surface area contributed by atoms with Crippen LogP contribution >= 0.6 is 11.8 Å². The first-order valence-corrected chi connectivity index (χ1v) is 13.4. The van der Waals surface area contributed by atoms with Crippen LogP contribution in [0.4, 0.5) is 10.3 Å². The third-order valence-electron chi connectivity index (χ3n) is 6.48. The van der Waals surface area contributed by atoms with Gasteiger partial charge in [0.25, 0.3) is 5.91 Å². The molecule has 0 radical (unpaired) electrons. The van der Waals surface area contributed by atoms with Crippen LogP contribution in [-0.2, 0) is 24.8 Å². The van der Waals surface area contributed by atoms with E-state index in [2.05, 4.69) is 15.4 Å². The van der Waals surface area contributed by atoms with E-state index in [1.165, 1.54) is 24.9 Å². The number of morpholine rings is 1. The molecule has 1 aromatic heterocycles. The molecule has 1 unspecified atom stereocenters. The number of aromatic nitrogens is 3. The van der Waals surface area contributed by atoms with Crippen molar-refractivity contribution >= 4 is 29.6 Å². The molecule has 2 aliphatic rings. The molecule has 1 atom stereocenters. The molecule has 5 rings (SSSR count). The number of hydrogen-bond donors (Lipinski definition) is 1. The van der Waals surface area contributed by atoms with Crippen LogP contribution in [0.1, 0.15) is 24.1 Å². The van der Waals surface area contributed by atoms with Crippen LogP contribution in [-0.4, -0.2) is 71.6 Å². The zero-order valence-electron chi connectivity index (χ0n) is 21.6. The molecule has 1 amide bonds. The molecule has 10 nitrogen and oxygen atoms in total. The van der Waals surface area contributed by atoms with Crippen molar-refractivity contribution in [3.05, 3.63) is 76.7 Å². The number of allylic oxidation sites excluding steroid dienone is 1. The van der Waals surface area contributed by atoms with Crippen molar-refractivity contribution < 1.29 is 28.2 Å². The SMILES string of the molecule is COC(=O)C1=C(C)Nc2nc(SCc3ccccc3F)nn2C1c1ccc(OCC(=O)N2CCOCC2)cc1. The number of benzene rings is 2. The molecule has 0 spiro atoms. The quantitative estimate of drug-likeness (QED) is 0.332. The van der Waals surface area contributed by atoms with Gasteiger partial charge in [-0.2, -0.15) is 4.98 Å². The molecule has 39 heavy (non-hydrogen) atoms. The maximum absolute atomic E-state index is 14.1. The normalized spacial score (nSPS) is 16.9. The average molecular weight is 554 g/mol.